The number of amides is 2. The van der Waals surface area contributed by atoms with Crippen molar-refractivity contribution in [1.29, 1.82) is 0 Å². The van der Waals surface area contributed by atoms with Gasteiger partial charge in [0, 0.05) is 32.0 Å². The summed E-state index contributed by atoms with van der Waals surface area (Å²) in [7, 11) is 1.57. The average Bonchev–Trinajstić information content (AvgIpc) is 3.26. The summed E-state index contributed by atoms with van der Waals surface area (Å²) < 4.78 is 34.6. The number of carbonyl (C=O) groups excluding carboxylic acids is 2. The van der Waals surface area contributed by atoms with Crippen LogP contribution in [0, 0.1) is 11.8 Å². The Labute approximate surface area is 222 Å². The molecule has 1 saturated carbocycles. The van der Waals surface area contributed by atoms with Gasteiger partial charge in [-0.3, -0.25) is 18.8 Å². The standard InChI is InChI=1S/C24H28F2N8O3S.H2/c1-33-18(7-16(32-33)20(25)26)29-24-31-28-11-34(24)14-4-5-17-15(6-14)19(22(36)27-8-12-2-3-12)23(38-17)30-21(35)13-9-37-10-13;/h7,11-14,20H,2-6,8-10H2,1H3,(H,27,36)(H,29,31)(H,30,35);1H/t14-;/m0./s1. The number of anilines is 3. The molecule has 1 aliphatic heterocycles. The third-order valence-corrected chi connectivity index (χ3v) is 8.49. The molecule has 3 aliphatic rings. The van der Waals surface area contributed by atoms with E-state index < -0.39 is 6.43 Å². The summed E-state index contributed by atoms with van der Waals surface area (Å²) in [5.74, 6) is 0.781. The molecule has 0 spiro atoms. The van der Waals surface area contributed by atoms with Crippen LogP contribution in [0.15, 0.2) is 12.4 Å². The smallest absolute Gasteiger partial charge is 0.282 e. The fourth-order valence-electron chi connectivity index (χ4n) is 4.81. The van der Waals surface area contributed by atoms with Crippen LogP contribution in [0.1, 0.15) is 59.6 Å². The van der Waals surface area contributed by atoms with Crippen LogP contribution in [0.3, 0.4) is 0 Å². The fourth-order valence-corrected chi connectivity index (χ4v) is 6.05. The van der Waals surface area contributed by atoms with Crippen molar-refractivity contribution in [2.75, 3.05) is 30.4 Å². The summed E-state index contributed by atoms with van der Waals surface area (Å²) in [6.45, 7) is 1.41. The second kappa shape index (κ2) is 10.1. The predicted molar refractivity (Wildman–Crippen MR) is 137 cm³/mol. The Bertz CT molecular complexity index is 1370. The van der Waals surface area contributed by atoms with Crippen LogP contribution >= 0.6 is 11.3 Å². The maximum Gasteiger partial charge on any atom is 0.282 e. The van der Waals surface area contributed by atoms with Crippen molar-refractivity contribution < 1.29 is 24.5 Å². The minimum atomic E-state index is -2.68. The van der Waals surface area contributed by atoms with Crippen LogP contribution in [-0.4, -0.2) is 56.1 Å². The first-order valence-electron chi connectivity index (χ1n) is 12.7. The molecule has 11 nitrogen and oxygen atoms in total. The van der Waals surface area contributed by atoms with Gasteiger partial charge in [0.25, 0.3) is 12.3 Å². The van der Waals surface area contributed by atoms with Gasteiger partial charge in [-0.25, -0.2) is 8.78 Å². The lowest BCUT2D eigenvalue weighted by molar-refractivity contribution is -0.133. The van der Waals surface area contributed by atoms with E-state index in [9.17, 15) is 18.4 Å². The molecule has 14 heteroatoms. The Morgan fingerprint density at radius 1 is 1.29 bits per heavy atom. The molecule has 3 N–H and O–H groups in total. The number of ether oxygens (including phenoxy) is 1. The molecular formula is C24H30F2N8O3S. The molecule has 0 unspecified atom stereocenters. The maximum atomic E-state index is 13.4. The van der Waals surface area contributed by atoms with Crippen molar-refractivity contribution in [3.8, 4) is 0 Å². The van der Waals surface area contributed by atoms with Crippen LogP contribution in [0.4, 0.5) is 25.5 Å². The minimum absolute atomic E-state index is 0. The monoisotopic (exact) mass is 548 g/mol. The van der Waals surface area contributed by atoms with Gasteiger partial charge in [-0.1, -0.05) is 0 Å². The average molecular weight is 549 g/mol. The lowest BCUT2D eigenvalue weighted by Gasteiger charge is -2.25. The lowest BCUT2D eigenvalue weighted by Crippen LogP contribution is -2.38. The van der Waals surface area contributed by atoms with Gasteiger partial charge in [-0.05, 0) is 43.6 Å². The number of rotatable bonds is 9. The van der Waals surface area contributed by atoms with Crippen LogP contribution in [-0.2, 0) is 29.4 Å². The predicted octanol–water partition coefficient (Wildman–Crippen LogP) is 3.46. The molecule has 2 amide bonds. The van der Waals surface area contributed by atoms with E-state index in [1.165, 1.54) is 22.1 Å². The first kappa shape index (κ1) is 24.9. The molecule has 6 rings (SSSR count). The molecule has 0 radical (unpaired) electrons. The highest BCUT2D eigenvalue weighted by Gasteiger charge is 2.34. The number of fused-ring (bicyclic) bond motifs is 1. The number of thiophene rings is 1. The second-order valence-electron chi connectivity index (χ2n) is 10.0. The van der Waals surface area contributed by atoms with Gasteiger partial charge in [0.15, 0.2) is 0 Å². The highest BCUT2D eigenvalue weighted by molar-refractivity contribution is 7.17. The summed E-state index contributed by atoms with van der Waals surface area (Å²) in [4.78, 5) is 27.1. The molecule has 0 aromatic carbocycles. The van der Waals surface area contributed by atoms with Crippen LogP contribution in [0.2, 0.25) is 0 Å². The second-order valence-corrected chi connectivity index (χ2v) is 11.2. The summed E-state index contributed by atoms with van der Waals surface area (Å²) >= 11 is 1.46. The van der Waals surface area contributed by atoms with E-state index in [4.69, 9.17) is 4.74 Å². The summed E-state index contributed by atoms with van der Waals surface area (Å²) in [5.41, 5.74) is 1.12. The van der Waals surface area contributed by atoms with Crippen LogP contribution in [0.5, 0.6) is 0 Å². The largest absolute Gasteiger partial charge is 0.380 e. The van der Waals surface area contributed by atoms with E-state index in [-0.39, 0.29) is 30.9 Å². The van der Waals surface area contributed by atoms with Crippen molar-refractivity contribution in [3.05, 3.63) is 34.1 Å². The van der Waals surface area contributed by atoms with E-state index >= 15 is 0 Å². The molecule has 3 aromatic rings. The molecular weight excluding hydrogens is 518 g/mol. The third kappa shape index (κ3) is 4.89. The van der Waals surface area contributed by atoms with Crippen LogP contribution < -0.4 is 16.0 Å². The molecule has 3 aromatic heterocycles. The third-order valence-electron chi connectivity index (χ3n) is 7.28. The van der Waals surface area contributed by atoms with Gasteiger partial charge >= 0.3 is 0 Å². The van der Waals surface area contributed by atoms with Gasteiger partial charge in [-0.15, -0.1) is 21.5 Å². The molecule has 4 heterocycles. The number of nitrogens with one attached hydrogen (secondary N) is 3. The van der Waals surface area contributed by atoms with Gasteiger partial charge in [0.05, 0.1) is 24.7 Å². The molecule has 2 aliphatic carbocycles. The Hall–Kier alpha value is -3.39. The number of nitrogens with zero attached hydrogens (tertiary/aromatic N) is 5. The topological polar surface area (TPSA) is 128 Å². The van der Waals surface area contributed by atoms with E-state index in [1.807, 2.05) is 4.57 Å². The number of halogens is 2. The van der Waals surface area contributed by atoms with Gasteiger partial charge in [-0.2, -0.15) is 5.10 Å². The number of carbonyl (C=O) groups is 2. The molecule has 38 heavy (non-hydrogen) atoms. The zero-order valence-corrected chi connectivity index (χ0v) is 21.6. The zero-order valence-electron chi connectivity index (χ0n) is 20.7. The van der Waals surface area contributed by atoms with Gasteiger partial charge < -0.3 is 20.7 Å². The summed E-state index contributed by atoms with van der Waals surface area (Å²) in [6, 6.07) is 1.21. The molecule has 204 valence electrons. The van der Waals surface area contributed by atoms with Crippen molar-refractivity contribution in [2.24, 2.45) is 18.9 Å². The van der Waals surface area contributed by atoms with Gasteiger partial charge in [0.2, 0.25) is 11.9 Å². The fraction of sp³-hybridized carbons (Fsp3) is 0.542. The Morgan fingerprint density at radius 2 is 2.11 bits per heavy atom. The van der Waals surface area contributed by atoms with Crippen molar-refractivity contribution in [3.63, 3.8) is 0 Å². The Kier molecular flexibility index (Phi) is 6.60. The Morgan fingerprint density at radius 3 is 2.79 bits per heavy atom. The highest BCUT2D eigenvalue weighted by atomic mass is 32.1. The minimum Gasteiger partial charge on any atom is -0.380 e. The lowest BCUT2D eigenvalue weighted by atomic mass is 9.91. The number of aryl methyl sites for hydroxylation is 2. The SMILES string of the molecule is Cn1nc(C(F)F)cc1Nc1nncn1[C@H]1CCc2sc(NC(=O)C3COC3)c(C(=O)NCC3CC3)c2C1.[HH]. The van der Waals surface area contributed by atoms with E-state index in [0.29, 0.717) is 54.4 Å². The molecule has 2 fully saturated rings. The number of aromatic nitrogens is 5. The van der Waals surface area contributed by atoms with E-state index in [2.05, 4.69) is 31.2 Å². The van der Waals surface area contributed by atoms with E-state index in [0.717, 1.165) is 36.1 Å². The molecule has 1 atom stereocenters. The zero-order chi connectivity index (χ0) is 26.4. The highest BCUT2D eigenvalue weighted by Crippen LogP contribution is 2.42. The Balaban J connectivity index is 0.00000308. The summed E-state index contributed by atoms with van der Waals surface area (Å²) in [6.07, 6.45) is 3.18. The maximum absolute atomic E-state index is 13.4. The van der Waals surface area contributed by atoms with Crippen molar-refractivity contribution in [1.82, 2.24) is 29.9 Å². The number of hydrogen-bond donors (Lipinski definition) is 3. The van der Waals surface area contributed by atoms with E-state index in [1.54, 1.807) is 13.4 Å². The van der Waals surface area contributed by atoms with Crippen molar-refractivity contribution >= 4 is 39.9 Å². The molecule has 0 bridgehead atoms. The van der Waals surface area contributed by atoms with Gasteiger partial charge in [0.1, 0.15) is 22.8 Å². The number of hydrogen-bond acceptors (Lipinski definition) is 8. The summed E-state index contributed by atoms with van der Waals surface area (Å²) in [5, 5.41) is 21.7. The van der Waals surface area contributed by atoms with Crippen molar-refractivity contribution in [2.45, 2.75) is 44.6 Å². The quantitative estimate of drug-likeness (QED) is 0.374. The van der Waals surface area contributed by atoms with Crippen LogP contribution in [0.25, 0.3) is 0 Å². The first-order chi connectivity index (χ1) is 18.4. The normalized spacial score (nSPS) is 19.2. The first-order valence-corrected chi connectivity index (χ1v) is 13.5. The number of alkyl halides is 2. The molecule has 1 saturated heterocycles.